The Bertz CT molecular complexity index is 327. The predicted molar refractivity (Wildman–Crippen MR) is 65.4 cm³/mol. The van der Waals surface area contributed by atoms with Crippen molar-refractivity contribution in [3.05, 3.63) is 0 Å². The smallest absolute Gasteiger partial charge is 0.0612 e. The van der Waals surface area contributed by atoms with Crippen molar-refractivity contribution in [1.82, 2.24) is 0 Å². The third-order valence-electron chi connectivity index (χ3n) is 6.17. The minimum atomic E-state index is 0.0142. The highest BCUT2D eigenvalue weighted by atomic mass is 16.5. The summed E-state index contributed by atoms with van der Waals surface area (Å²) in [6, 6.07) is 0. The topological polar surface area (TPSA) is 29.5 Å². The molecule has 0 radical (unpaired) electrons. The zero-order valence-corrected chi connectivity index (χ0v) is 10.9. The maximum Gasteiger partial charge on any atom is 0.0612 e. The number of fused-ring (bicyclic) bond motifs is 9. The molecule has 4 bridgehead atoms. The lowest BCUT2D eigenvalue weighted by Gasteiger charge is -2.40. The van der Waals surface area contributed by atoms with Gasteiger partial charge in [0.25, 0.3) is 0 Å². The van der Waals surface area contributed by atoms with E-state index in [9.17, 15) is 5.11 Å². The average molecular weight is 236 g/mol. The molecule has 0 amide bonds. The zero-order chi connectivity index (χ0) is 11.7. The molecule has 4 aliphatic rings. The molecule has 4 fully saturated rings. The lowest BCUT2D eigenvalue weighted by Crippen LogP contribution is -2.41. The summed E-state index contributed by atoms with van der Waals surface area (Å²) < 4.78 is 6.11. The summed E-state index contributed by atoms with van der Waals surface area (Å²) in [6.45, 7) is 4.30. The molecule has 2 nitrogen and oxygen atoms in total. The molecule has 0 aromatic heterocycles. The molecule has 0 aromatic carbocycles. The fourth-order valence-corrected chi connectivity index (χ4v) is 6.01. The Morgan fingerprint density at radius 3 is 2.41 bits per heavy atom. The van der Waals surface area contributed by atoms with Crippen molar-refractivity contribution in [2.24, 2.45) is 35.5 Å². The Labute approximate surface area is 104 Å². The van der Waals surface area contributed by atoms with Crippen LogP contribution in [-0.2, 0) is 4.74 Å². The van der Waals surface area contributed by atoms with Crippen molar-refractivity contribution in [2.45, 2.75) is 57.8 Å². The van der Waals surface area contributed by atoms with Crippen LogP contribution in [0.25, 0.3) is 0 Å². The molecule has 4 saturated carbocycles. The number of aliphatic hydroxyl groups is 1. The molecule has 2 heteroatoms. The van der Waals surface area contributed by atoms with Crippen molar-refractivity contribution in [1.29, 1.82) is 0 Å². The third kappa shape index (κ3) is 1.34. The molecule has 1 N–H and O–H groups in total. The molecule has 17 heavy (non-hydrogen) atoms. The summed E-state index contributed by atoms with van der Waals surface area (Å²) in [5.41, 5.74) is 0. The molecular weight excluding hydrogens is 212 g/mol. The fraction of sp³-hybridized carbons (Fsp3) is 1.00. The Hall–Kier alpha value is -0.0800. The minimum Gasteiger partial charge on any atom is -0.393 e. The average Bonchev–Trinajstić information content (AvgIpc) is 2.91. The Morgan fingerprint density at radius 1 is 0.941 bits per heavy atom. The molecular formula is C15H24O2. The van der Waals surface area contributed by atoms with E-state index in [0.717, 1.165) is 36.0 Å². The normalized spacial score (nSPS) is 59.3. The van der Waals surface area contributed by atoms with Crippen LogP contribution < -0.4 is 0 Å². The van der Waals surface area contributed by atoms with E-state index in [4.69, 9.17) is 4.74 Å². The molecule has 4 aliphatic carbocycles. The van der Waals surface area contributed by atoms with Crippen LogP contribution >= 0.6 is 0 Å². The van der Waals surface area contributed by atoms with Gasteiger partial charge in [-0.15, -0.1) is 0 Å². The van der Waals surface area contributed by atoms with Gasteiger partial charge in [0.15, 0.2) is 0 Å². The van der Waals surface area contributed by atoms with Gasteiger partial charge >= 0.3 is 0 Å². The van der Waals surface area contributed by atoms with Crippen molar-refractivity contribution >= 4 is 0 Å². The van der Waals surface area contributed by atoms with Gasteiger partial charge in [0, 0.05) is 0 Å². The molecule has 8 unspecified atom stereocenters. The number of rotatable bonds is 2. The van der Waals surface area contributed by atoms with E-state index >= 15 is 0 Å². The summed E-state index contributed by atoms with van der Waals surface area (Å²) in [7, 11) is 0. The molecule has 0 aromatic rings. The van der Waals surface area contributed by atoms with Gasteiger partial charge in [-0.2, -0.15) is 0 Å². The van der Waals surface area contributed by atoms with Gasteiger partial charge in [0.2, 0.25) is 0 Å². The SMILES string of the molecule is CC(C)OC1CC2CC1C1C3CC(CC3O)C21. The van der Waals surface area contributed by atoms with Crippen molar-refractivity contribution in [3.8, 4) is 0 Å². The monoisotopic (exact) mass is 236 g/mol. The van der Waals surface area contributed by atoms with E-state index in [2.05, 4.69) is 13.8 Å². The van der Waals surface area contributed by atoms with Gasteiger partial charge in [-0.05, 0) is 75.0 Å². The molecule has 4 rings (SSSR count). The van der Waals surface area contributed by atoms with E-state index in [1.807, 2.05) is 0 Å². The highest BCUT2D eigenvalue weighted by Gasteiger charge is 2.64. The molecule has 0 heterocycles. The van der Waals surface area contributed by atoms with E-state index < -0.39 is 0 Å². The molecule has 8 atom stereocenters. The van der Waals surface area contributed by atoms with E-state index in [1.54, 1.807) is 0 Å². The van der Waals surface area contributed by atoms with Gasteiger partial charge in [-0.25, -0.2) is 0 Å². The maximum atomic E-state index is 10.1. The van der Waals surface area contributed by atoms with Crippen molar-refractivity contribution < 1.29 is 9.84 Å². The van der Waals surface area contributed by atoms with Crippen LogP contribution in [-0.4, -0.2) is 23.4 Å². The van der Waals surface area contributed by atoms with Crippen LogP contribution in [0, 0.1) is 35.5 Å². The first-order valence-electron chi connectivity index (χ1n) is 7.48. The van der Waals surface area contributed by atoms with E-state index in [1.165, 1.54) is 19.3 Å². The second kappa shape index (κ2) is 3.48. The number of hydrogen-bond acceptors (Lipinski definition) is 2. The maximum absolute atomic E-state index is 10.1. The van der Waals surface area contributed by atoms with Crippen LogP contribution in [0.2, 0.25) is 0 Å². The second-order valence-corrected chi connectivity index (χ2v) is 7.24. The quantitative estimate of drug-likeness (QED) is 0.746. The van der Waals surface area contributed by atoms with Gasteiger partial charge < -0.3 is 9.84 Å². The lowest BCUT2D eigenvalue weighted by atomic mass is 9.69. The first-order chi connectivity index (χ1) is 8.15. The first-order valence-corrected chi connectivity index (χ1v) is 7.48. The minimum absolute atomic E-state index is 0.0142. The van der Waals surface area contributed by atoms with Gasteiger partial charge in [0.05, 0.1) is 18.3 Å². The second-order valence-electron chi connectivity index (χ2n) is 7.24. The van der Waals surface area contributed by atoms with Gasteiger partial charge in [-0.3, -0.25) is 0 Å². The number of aliphatic hydroxyl groups excluding tert-OH is 1. The summed E-state index contributed by atoms with van der Waals surface area (Å²) in [5.74, 6) is 4.95. The summed E-state index contributed by atoms with van der Waals surface area (Å²) in [6.07, 6.45) is 6.01. The molecule has 96 valence electrons. The predicted octanol–water partition coefficient (Wildman–Crippen LogP) is 2.45. The third-order valence-corrected chi connectivity index (χ3v) is 6.17. The highest BCUT2D eigenvalue weighted by molar-refractivity contribution is 5.13. The Kier molecular flexibility index (Phi) is 2.21. The lowest BCUT2D eigenvalue weighted by molar-refractivity contribution is -0.0711. The Morgan fingerprint density at radius 2 is 1.65 bits per heavy atom. The van der Waals surface area contributed by atoms with Gasteiger partial charge in [-0.1, -0.05) is 0 Å². The molecule has 0 saturated heterocycles. The standard InChI is InChI=1S/C15H24O2/c1-7(2)17-13-6-9-4-11(13)15-10-3-8(14(9)15)5-12(10)16/h7-16H,3-6H2,1-2H3. The van der Waals surface area contributed by atoms with Crippen LogP contribution in [0.15, 0.2) is 0 Å². The molecule has 0 spiro atoms. The van der Waals surface area contributed by atoms with Crippen LogP contribution in [0.5, 0.6) is 0 Å². The highest BCUT2D eigenvalue weighted by Crippen LogP contribution is 2.67. The van der Waals surface area contributed by atoms with Crippen LogP contribution in [0.3, 0.4) is 0 Å². The summed E-state index contributed by atoms with van der Waals surface area (Å²) >= 11 is 0. The zero-order valence-electron chi connectivity index (χ0n) is 10.9. The summed E-state index contributed by atoms with van der Waals surface area (Å²) in [5, 5.41) is 10.1. The first kappa shape index (κ1) is 10.8. The van der Waals surface area contributed by atoms with Crippen molar-refractivity contribution in [3.63, 3.8) is 0 Å². The number of hydrogen-bond donors (Lipinski definition) is 1. The summed E-state index contributed by atoms with van der Waals surface area (Å²) in [4.78, 5) is 0. The number of ether oxygens (including phenoxy) is 1. The fourth-order valence-electron chi connectivity index (χ4n) is 6.01. The van der Waals surface area contributed by atoms with Crippen molar-refractivity contribution in [2.75, 3.05) is 0 Å². The van der Waals surface area contributed by atoms with Gasteiger partial charge in [0.1, 0.15) is 0 Å². The van der Waals surface area contributed by atoms with Crippen LogP contribution in [0.4, 0.5) is 0 Å². The van der Waals surface area contributed by atoms with Crippen LogP contribution in [0.1, 0.15) is 39.5 Å². The largest absolute Gasteiger partial charge is 0.393 e. The molecule has 0 aliphatic heterocycles. The Balaban J connectivity index is 1.57. The van der Waals surface area contributed by atoms with E-state index in [0.29, 0.717) is 18.1 Å². The van der Waals surface area contributed by atoms with E-state index in [-0.39, 0.29) is 6.10 Å².